The van der Waals surface area contributed by atoms with Crippen LogP contribution in [0.2, 0.25) is 5.02 Å². The molecular formula is C16H19ClFN3. The van der Waals surface area contributed by atoms with Crippen molar-refractivity contribution in [2.45, 2.75) is 26.3 Å². The Morgan fingerprint density at radius 2 is 2.14 bits per heavy atom. The lowest BCUT2D eigenvalue weighted by molar-refractivity contribution is 0.545. The standard InChI is InChI=1S/C16H19ClFN3/c1-3-7-20-15(12-9-11(17)4-5-13(12)18)14-10(2)6-8-21-16(14)19/h4-6,8-9,15,20H,3,7H2,1-2H3,(H2,19,21). The number of aromatic nitrogens is 1. The molecule has 0 amide bonds. The van der Waals surface area contributed by atoms with Crippen molar-refractivity contribution in [2.75, 3.05) is 12.3 Å². The maximum absolute atomic E-state index is 14.2. The second-order valence-corrected chi connectivity index (χ2v) is 5.42. The highest BCUT2D eigenvalue weighted by Gasteiger charge is 2.22. The Morgan fingerprint density at radius 3 is 2.81 bits per heavy atom. The minimum atomic E-state index is -0.364. The minimum Gasteiger partial charge on any atom is -0.383 e. The largest absolute Gasteiger partial charge is 0.383 e. The minimum absolute atomic E-state index is 0.310. The van der Waals surface area contributed by atoms with E-state index in [4.69, 9.17) is 17.3 Å². The molecule has 1 atom stereocenters. The van der Waals surface area contributed by atoms with E-state index in [1.54, 1.807) is 12.3 Å². The van der Waals surface area contributed by atoms with Gasteiger partial charge in [-0.3, -0.25) is 0 Å². The Kier molecular flexibility index (Phi) is 5.15. The second-order valence-electron chi connectivity index (χ2n) is 4.98. The maximum atomic E-state index is 14.2. The molecule has 2 rings (SSSR count). The average molecular weight is 308 g/mol. The molecule has 0 saturated carbocycles. The van der Waals surface area contributed by atoms with Crippen LogP contribution in [0.3, 0.4) is 0 Å². The van der Waals surface area contributed by atoms with Crippen molar-refractivity contribution in [2.24, 2.45) is 0 Å². The van der Waals surface area contributed by atoms with Crippen LogP contribution in [0.25, 0.3) is 0 Å². The Bertz CT molecular complexity index is 611. The molecule has 0 aliphatic carbocycles. The summed E-state index contributed by atoms with van der Waals surface area (Å²) in [5.74, 6) is 0.0960. The van der Waals surface area contributed by atoms with Crippen LogP contribution in [-0.2, 0) is 0 Å². The Balaban J connectivity index is 2.55. The van der Waals surface area contributed by atoms with Gasteiger partial charge in [0, 0.05) is 22.3 Å². The smallest absolute Gasteiger partial charge is 0.128 e. The summed E-state index contributed by atoms with van der Waals surface area (Å²) in [7, 11) is 0. The maximum Gasteiger partial charge on any atom is 0.128 e. The first-order valence-electron chi connectivity index (χ1n) is 6.94. The number of hydrogen-bond acceptors (Lipinski definition) is 3. The molecule has 0 aliphatic heterocycles. The van der Waals surface area contributed by atoms with E-state index in [0.29, 0.717) is 16.4 Å². The van der Waals surface area contributed by atoms with Crippen LogP contribution in [0.15, 0.2) is 30.5 Å². The van der Waals surface area contributed by atoms with Gasteiger partial charge in [-0.25, -0.2) is 9.37 Å². The van der Waals surface area contributed by atoms with Gasteiger partial charge in [-0.05, 0) is 49.7 Å². The number of nitrogen functional groups attached to an aromatic ring is 1. The number of benzene rings is 1. The van der Waals surface area contributed by atoms with Gasteiger partial charge >= 0.3 is 0 Å². The van der Waals surface area contributed by atoms with E-state index < -0.39 is 0 Å². The molecule has 3 N–H and O–H groups in total. The van der Waals surface area contributed by atoms with Gasteiger partial charge in [-0.1, -0.05) is 18.5 Å². The zero-order valence-corrected chi connectivity index (χ0v) is 12.9. The van der Waals surface area contributed by atoms with Crippen LogP contribution in [0.5, 0.6) is 0 Å². The van der Waals surface area contributed by atoms with Gasteiger partial charge in [0.15, 0.2) is 0 Å². The third-order valence-electron chi connectivity index (χ3n) is 3.40. The molecule has 0 fully saturated rings. The Labute approximate surface area is 129 Å². The fourth-order valence-electron chi connectivity index (χ4n) is 2.36. The molecule has 112 valence electrons. The average Bonchev–Trinajstić information content (AvgIpc) is 2.45. The molecule has 2 aromatic rings. The van der Waals surface area contributed by atoms with Crippen LogP contribution in [0.4, 0.5) is 10.2 Å². The number of nitrogens with two attached hydrogens (primary N) is 1. The van der Waals surface area contributed by atoms with Gasteiger partial charge in [-0.2, -0.15) is 0 Å². The molecule has 1 aromatic carbocycles. The highest BCUT2D eigenvalue weighted by Crippen LogP contribution is 2.31. The molecular weight excluding hydrogens is 289 g/mol. The van der Waals surface area contributed by atoms with Gasteiger partial charge in [0.1, 0.15) is 11.6 Å². The number of nitrogens with one attached hydrogen (secondary N) is 1. The fraction of sp³-hybridized carbons (Fsp3) is 0.312. The lowest BCUT2D eigenvalue weighted by Crippen LogP contribution is -2.26. The summed E-state index contributed by atoms with van der Waals surface area (Å²) in [5, 5.41) is 3.83. The van der Waals surface area contributed by atoms with Crippen molar-refractivity contribution in [3.8, 4) is 0 Å². The molecule has 0 radical (unpaired) electrons. The summed E-state index contributed by atoms with van der Waals surface area (Å²) in [6.07, 6.45) is 2.58. The van der Waals surface area contributed by atoms with E-state index in [0.717, 1.165) is 24.1 Å². The highest BCUT2D eigenvalue weighted by molar-refractivity contribution is 6.30. The summed E-state index contributed by atoms with van der Waals surface area (Å²) in [5.41, 5.74) is 8.26. The van der Waals surface area contributed by atoms with Crippen molar-refractivity contribution in [1.29, 1.82) is 0 Å². The third kappa shape index (κ3) is 3.52. The van der Waals surface area contributed by atoms with E-state index in [2.05, 4.69) is 17.2 Å². The van der Waals surface area contributed by atoms with E-state index in [-0.39, 0.29) is 11.9 Å². The summed E-state index contributed by atoms with van der Waals surface area (Å²) >= 11 is 6.02. The highest BCUT2D eigenvalue weighted by atomic mass is 35.5. The monoisotopic (exact) mass is 307 g/mol. The van der Waals surface area contributed by atoms with Crippen molar-refractivity contribution in [1.82, 2.24) is 10.3 Å². The summed E-state index contributed by atoms with van der Waals surface area (Å²) < 4.78 is 14.2. The van der Waals surface area contributed by atoms with Crippen LogP contribution in [-0.4, -0.2) is 11.5 Å². The molecule has 3 nitrogen and oxygen atoms in total. The molecule has 1 heterocycles. The number of aryl methyl sites for hydroxylation is 1. The normalized spacial score (nSPS) is 12.4. The SMILES string of the molecule is CCCNC(c1cc(Cl)ccc1F)c1c(C)ccnc1N. The molecule has 5 heteroatoms. The zero-order valence-electron chi connectivity index (χ0n) is 12.2. The van der Waals surface area contributed by atoms with Crippen molar-refractivity contribution in [3.05, 3.63) is 58.0 Å². The summed E-state index contributed by atoms with van der Waals surface area (Å²) in [4.78, 5) is 4.13. The summed E-state index contributed by atoms with van der Waals surface area (Å²) in [6, 6.07) is 6.05. The first-order valence-corrected chi connectivity index (χ1v) is 7.31. The first kappa shape index (κ1) is 15.7. The number of hydrogen-bond donors (Lipinski definition) is 2. The topological polar surface area (TPSA) is 50.9 Å². The molecule has 1 aromatic heterocycles. The van der Waals surface area contributed by atoms with Crippen molar-refractivity contribution < 1.29 is 4.39 Å². The third-order valence-corrected chi connectivity index (χ3v) is 3.63. The lowest BCUT2D eigenvalue weighted by atomic mass is 9.95. The molecule has 21 heavy (non-hydrogen) atoms. The predicted octanol–water partition coefficient (Wildman–Crippen LogP) is 3.85. The molecule has 0 spiro atoms. The number of pyridine rings is 1. The first-order chi connectivity index (χ1) is 10.0. The van der Waals surface area contributed by atoms with Gasteiger partial charge in [0.2, 0.25) is 0 Å². The Hall–Kier alpha value is -1.65. The van der Waals surface area contributed by atoms with E-state index in [9.17, 15) is 4.39 Å². The lowest BCUT2D eigenvalue weighted by Gasteiger charge is -2.23. The molecule has 0 saturated heterocycles. The van der Waals surface area contributed by atoms with Crippen LogP contribution in [0.1, 0.15) is 36.1 Å². The van der Waals surface area contributed by atoms with Crippen LogP contribution in [0, 0.1) is 12.7 Å². The molecule has 0 aliphatic rings. The second kappa shape index (κ2) is 6.87. The number of rotatable bonds is 5. The Morgan fingerprint density at radius 1 is 1.38 bits per heavy atom. The quantitative estimate of drug-likeness (QED) is 0.882. The number of halogens is 2. The van der Waals surface area contributed by atoms with Crippen LogP contribution >= 0.6 is 11.6 Å². The van der Waals surface area contributed by atoms with Crippen molar-refractivity contribution >= 4 is 17.4 Å². The van der Waals surface area contributed by atoms with E-state index in [1.807, 2.05) is 13.0 Å². The van der Waals surface area contributed by atoms with E-state index in [1.165, 1.54) is 12.1 Å². The fourth-order valence-corrected chi connectivity index (χ4v) is 2.54. The van der Waals surface area contributed by atoms with Gasteiger partial charge in [0.05, 0.1) is 6.04 Å². The summed E-state index contributed by atoms with van der Waals surface area (Å²) in [6.45, 7) is 4.73. The number of nitrogens with zero attached hydrogens (tertiary/aromatic N) is 1. The molecule has 0 bridgehead atoms. The number of anilines is 1. The van der Waals surface area contributed by atoms with Crippen LogP contribution < -0.4 is 11.1 Å². The van der Waals surface area contributed by atoms with Crippen molar-refractivity contribution in [3.63, 3.8) is 0 Å². The molecule has 1 unspecified atom stereocenters. The van der Waals surface area contributed by atoms with Gasteiger partial charge < -0.3 is 11.1 Å². The van der Waals surface area contributed by atoms with Gasteiger partial charge in [0.25, 0.3) is 0 Å². The van der Waals surface area contributed by atoms with E-state index >= 15 is 0 Å². The zero-order chi connectivity index (χ0) is 15.4. The predicted molar refractivity (Wildman–Crippen MR) is 84.9 cm³/mol. The van der Waals surface area contributed by atoms with Gasteiger partial charge in [-0.15, -0.1) is 0 Å².